The van der Waals surface area contributed by atoms with Gasteiger partial charge in [-0.3, -0.25) is 14.2 Å². The summed E-state index contributed by atoms with van der Waals surface area (Å²) in [5, 5.41) is 0. The molecule has 2 unspecified atom stereocenters. The van der Waals surface area contributed by atoms with E-state index in [2.05, 4.69) is 160 Å². The first-order valence-corrected chi connectivity index (χ1v) is 37.5. The van der Waals surface area contributed by atoms with Crippen molar-refractivity contribution in [1.82, 2.24) is 0 Å². The Balaban J connectivity index is 4.18. The van der Waals surface area contributed by atoms with E-state index in [1.807, 2.05) is 21.1 Å². The molecule has 2 atom stereocenters. The van der Waals surface area contributed by atoms with Gasteiger partial charge in [0.25, 0.3) is 7.82 Å². The van der Waals surface area contributed by atoms with Crippen LogP contribution in [0.2, 0.25) is 0 Å². The molecule has 0 aromatic heterocycles. The van der Waals surface area contributed by atoms with Crippen molar-refractivity contribution in [3.63, 3.8) is 0 Å². The second-order valence-electron chi connectivity index (χ2n) is 24.9. The minimum absolute atomic E-state index is 0.0454. The highest BCUT2D eigenvalue weighted by atomic mass is 31.2. The van der Waals surface area contributed by atoms with Crippen LogP contribution >= 0.6 is 7.82 Å². The third kappa shape index (κ3) is 72.8. The third-order valence-corrected chi connectivity index (χ3v) is 16.1. The van der Waals surface area contributed by atoms with E-state index in [1.165, 1.54) is 148 Å². The lowest BCUT2D eigenvalue weighted by Crippen LogP contribution is -2.37. The van der Waals surface area contributed by atoms with Crippen LogP contribution in [0.5, 0.6) is 0 Å². The van der Waals surface area contributed by atoms with E-state index in [9.17, 15) is 19.0 Å². The Bertz CT molecular complexity index is 2010. The highest BCUT2D eigenvalue weighted by Crippen LogP contribution is 2.38. The summed E-state index contributed by atoms with van der Waals surface area (Å²) in [5.41, 5.74) is 0. The van der Waals surface area contributed by atoms with Gasteiger partial charge in [0.15, 0.2) is 6.10 Å². The number of quaternary nitrogens is 1. The second-order valence-corrected chi connectivity index (χ2v) is 26.3. The molecule has 0 aromatic carbocycles. The fourth-order valence-corrected chi connectivity index (χ4v) is 10.4. The number of phosphoric ester groups is 1. The Morgan fingerprint density at radius 3 is 0.955 bits per heavy atom. The Hall–Kier alpha value is -4.11. The van der Waals surface area contributed by atoms with Crippen LogP contribution in [0.1, 0.15) is 290 Å². The Morgan fingerprint density at radius 1 is 0.360 bits per heavy atom. The van der Waals surface area contributed by atoms with Gasteiger partial charge in [-0.1, -0.05) is 320 Å². The lowest BCUT2D eigenvalue weighted by atomic mass is 10.0. The molecule has 10 heteroatoms. The summed E-state index contributed by atoms with van der Waals surface area (Å²) in [6.07, 6.45) is 101. The molecule has 0 saturated heterocycles. The smallest absolute Gasteiger partial charge is 0.306 e. The van der Waals surface area contributed by atoms with E-state index in [4.69, 9.17) is 18.5 Å². The monoisotopic (exact) mass is 1260 g/mol. The number of hydrogen-bond donors (Lipinski definition) is 0. The standard InChI is InChI=1S/C79H134NO8P/c1-6-8-10-12-14-16-18-20-22-24-26-28-30-32-34-35-36-37-38-39-40-41-42-43-44-45-46-48-50-52-54-56-58-60-62-64-66-68-70-72-79(82)88-77(76-87-89(83,84)86-74-73-80(3,4)5)75-85-78(81)71-69-67-65-63-61-59-57-55-53-51-49-47-33-31-29-27-25-23-21-19-17-15-13-11-9-7-2/h8,10,14,16,20,22,26,28,32,34,36-37,39-40,42-43,45-46,50,52,56,58,62,64,77H,6-7,9,11-13,15,17-19,21,23-25,27,29-31,33,35,38,41,44,47-49,51,53-55,57,59-61,63,65-76H2,1-5H3/b10-8-,16-14-,22-20-,28-26-,34-32-,37-36-,40-39-,43-42-,46-45-,52-50-,58-56-,64-62-. The average molecular weight is 1260 g/mol. The Kier molecular flexibility index (Phi) is 65.1. The maximum absolute atomic E-state index is 12.8. The number of allylic oxidation sites excluding steroid dienone is 24. The van der Waals surface area contributed by atoms with Gasteiger partial charge in [0.2, 0.25) is 0 Å². The van der Waals surface area contributed by atoms with Crippen LogP contribution in [0.15, 0.2) is 146 Å². The molecule has 0 rings (SSSR count). The number of ether oxygens (including phenoxy) is 2. The Labute approximate surface area is 548 Å². The summed E-state index contributed by atoms with van der Waals surface area (Å²) in [6.45, 7) is 4.09. The number of carbonyl (C=O) groups is 2. The summed E-state index contributed by atoms with van der Waals surface area (Å²) in [7, 11) is 1.13. The molecule has 0 aliphatic carbocycles. The molecule has 0 aliphatic rings. The average Bonchev–Trinajstić information content (AvgIpc) is 3.60. The number of rotatable bonds is 65. The molecule has 0 amide bonds. The number of unbranched alkanes of at least 4 members (excludes halogenated alkanes) is 27. The molecule has 0 heterocycles. The first-order chi connectivity index (χ1) is 43.5. The van der Waals surface area contributed by atoms with Gasteiger partial charge in [0, 0.05) is 12.8 Å². The first-order valence-electron chi connectivity index (χ1n) is 36.0. The number of carbonyl (C=O) groups excluding carboxylic acids is 2. The fraction of sp³-hybridized carbons (Fsp3) is 0.671. The number of likely N-dealkylation sites (N-methyl/N-ethyl adjacent to an activating group) is 1. The molecule has 9 nitrogen and oxygen atoms in total. The van der Waals surface area contributed by atoms with Crippen LogP contribution in [0, 0.1) is 0 Å². The zero-order valence-electron chi connectivity index (χ0n) is 57.8. The molecule has 0 bridgehead atoms. The van der Waals surface area contributed by atoms with Crippen molar-refractivity contribution in [3.8, 4) is 0 Å². The molecule has 0 aliphatic heterocycles. The second kappa shape index (κ2) is 68.3. The molecule has 0 fully saturated rings. The zero-order valence-corrected chi connectivity index (χ0v) is 58.7. The normalized spacial score (nSPS) is 14.0. The van der Waals surface area contributed by atoms with E-state index < -0.39 is 32.5 Å². The van der Waals surface area contributed by atoms with Gasteiger partial charge in [-0.05, 0) is 103 Å². The number of hydrogen-bond acceptors (Lipinski definition) is 8. The van der Waals surface area contributed by atoms with Crippen LogP contribution in [0.3, 0.4) is 0 Å². The van der Waals surface area contributed by atoms with Crippen molar-refractivity contribution in [1.29, 1.82) is 0 Å². The quantitative estimate of drug-likeness (QED) is 0.0195. The highest BCUT2D eigenvalue weighted by molar-refractivity contribution is 7.45. The molecular weight excluding hydrogens is 1120 g/mol. The van der Waals surface area contributed by atoms with Crippen LogP contribution in [0.25, 0.3) is 0 Å². The van der Waals surface area contributed by atoms with Gasteiger partial charge in [-0.2, -0.15) is 0 Å². The number of nitrogens with zero attached hydrogens (tertiary/aromatic N) is 1. The molecule has 89 heavy (non-hydrogen) atoms. The fourth-order valence-electron chi connectivity index (χ4n) is 9.64. The van der Waals surface area contributed by atoms with E-state index >= 15 is 0 Å². The molecule has 0 saturated carbocycles. The lowest BCUT2D eigenvalue weighted by Gasteiger charge is -2.28. The molecule has 508 valence electrons. The van der Waals surface area contributed by atoms with Crippen LogP contribution in [-0.2, 0) is 32.7 Å². The minimum Gasteiger partial charge on any atom is -0.756 e. The summed E-state index contributed by atoms with van der Waals surface area (Å²) in [6, 6.07) is 0. The van der Waals surface area contributed by atoms with Gasteiger partial charge < -0.3 is 27.9 Å². The maximum Gasteiger partial charge on any atom is 0.306 e. The van der Waals surface area contributed by atoms with E-state index in [-0.39, 0.29) is 26.1 Å². The van der Waals surface area contributed by atoms with E-state index in [0.717, 1.165) is 109 Å². The van der Waals surface area contributed by atoms with Gasteiger partial charge >= 0.3 is 11.9 Å². The van der Waals surface area contributed by atoms with Crippen molar-refractivity contribution < 1.29 is 42.1 Å². The summed E-state index contributed by atoms with van der Waals surface area (Å²) in [4.78, 5) is 38.0. The third-order valence-electron chi connectivity index (χ3n) is 15.1. The predicted octanol–water partition coefficient (Wildman–Crippen LogP) is 23.1. The molecule has 0 radical (unpaired) electrons. The van der Waals surface area contributed by atoms with Gasteiger partial charge in [-0.15, -0.1) is 0 Å². The van der Waals surface area contributed by atoms with E-state index in [1.54, 1.807) is 0 Å². The lowest BCUT2D eigenvalue weighted by molar-refractivity contribution is -0.870. The maximum atomic E-state index is 12.8. The van der Waals surface area contributed by atoms with Crippen molar-refractivity contribution in [2.45, 2.75) is 296 Å². The largest absolute Gasteiger partial charge is 0.756 e. The van der Waals surface area contributed by atoms with Crippen molar-refractivity contribution >= 4 is 19.8 Å². The molecule has 0 spiro atoms. The minimum atomic E-state index is -4.66. The summed E-state index contributed by atoms with van der Waals surface area (Å²) < 4.78 is 34.2. The van der Waals surface area contributed by atoms with E-state index in [0.29, 0.717) is 17.4 Å². The Morgan fingerprint density at radius 2 is 0.640 bits per heavy atom. The van der Waals surface area contributed by atoms with Crippen molar-refractivity contribution in [2.75, 3.05) is 47.5 Å². The topological polar surface area (TPSA) is 111 Å². The van der Waals surface area contributed by atoms with Gasteiger partial charge in [0.05, 0.1) is 27.7 Å². The van der Waals surface area contributed by atoms with Crippen molar-refractivity contribution in [3.05, 3.63) is 146 Å². The number of esters is 2. The predicted molar refractivity (Wildman–Crippen MR) is 383 cm³/mol. The molecular formula is C79H134NO8P. The molecule has 0 N–H and O–H groups in total. The van der Waals surface area contributed by atoms with Gasteiger partial charge in [-0.25, -0.2) is 0 Å². The summed E-state index contributed by atoms with van der Waals surface area (Å²) >= 11 is 0. The highest BCUT2D eigenvalue weighted by Gasteiger charge is 2.22. The SMILES string of the molecule is CC/C=C\C/C=C\C/C=C\C/C=C\C/C=C\C/C=C\C/C=C\C/C=C\C/C=C\C/C=C\C/C=C\C/C=C\CCCCC(=O)OC(COC(=O)CCCCCCCCCCCCCCCCCCCCCCCCCCCC)COP(=O)([O-])OCC[N+](C)(C)C. The van der Waals surface area contributed by atoms with Crippen LogP contribution in [0.4, 0.5) is 0 Å². The van der Waals surface area contributed by atoms with Crippen molar-refractivity contribution in [2.24, 2.45) is 0 Å². The first kappa shape index (κ1) is 84.9. The van der Waals surface area contributed by atoms with Crippen LogP contribution < -0.4 is 4.89 Å². The number of phosphoric acid groups is 1. The zero-order chi connectivity index (χ0) is 64.8. The van der Waals surface area contributed by atoms with Crippen LogP contribution in [-0.4, -0.2) is 70.0 Å². The van der Waals surface area contributed by atoms with Gasteiger partial charge in [0.1, 0.15) is 19.8 Å². The molecule has 0 aromatic rings. The summed E-state index contributed by atoms with van der Waals surface area (Å²) in [5.74, 6) is -0.884.